The largest absolute Gasteiger partial charge is 0.435 e. The Kier molecular flexibility index (Phi) is 7.73. The third-order valence-electron chi connectivity index (χ3n) is 2.88. The Hall–Kier alpha value is -1.90. The Morgan fingerprint density at radius 2 is 1.91 bits per heavy atom. The molecule has 7 heteroatoms. The smallest absolute Gasteiger partial charge is 0.387 e. The number of nitrogens with zero attached hydrogens (tertiary/aromatic N) is 1. The monoisotopic (exact) mass is 433 g/mol. The number of anilines is 1. The van der Waals surface area contributed by atoms with Gasteiger partial charge in [0.05, 0.1) is 6.54 Å². The van der Waals surface area contributed by atoms with Crippen molar-refractivity contribution in [1.82, 2.24) is 0 Å². The summed E-state index contributed by atoms with van der Waals surface area (Å²) in [6.45, 7) is -0.576. The summed E-state index contributed by atoms with van der Waals surface area (Å²) in [7, 11) is 0. The van der Waals surface area contributed by atoms with Gasteiger partial charge < -0.3 is 15.8 Å². The molecule has 0 saturated heterocycles. The Balaban J connectivity index is 0.00000264. The van der Waals surface area contributed by atoms with Gasteiger partial charge in [-0.25, -0.2) is 4.99 Å². The SMILES string of the molecule is Cc1ccc(NC(N)=NCc2cccc(OC(F)F)c2)cc1.I. The molecule has 4 nitrogen and oxygen atoms in total. The van der Waals surface area contributed by atoms with Gasteiger partial charge in [-0.15, -0.1) is 24.0 Å². The van der Waals surface area contributed by atoms with Gasteiger partial charge >= 0.3 is 6.61 Å². The predicted molar refractivity (Wildman–Crippen MR) is 98.6 cm³/mol. The molecule has 2 rings (SSSR count). The fraction of sp³-hybridized carbons (Fsp3) is 0.188. The molecule has 0 radical (unpaired) electrons. The highest BCUT2D eigenvalue weighted by molar-refractivity contribution is 14.0. The van der Waals surface area contributed by atoms with E-state index in [-0.39, 0.29) is 42.2 Å². The van der Waals surface area contributed by atoms with Crippen LogP contribution in [-0.2, 0) is 6.54 Å². The summed E-state index contributed by atoms with van der Waals surface area (Å²) in [5, 5.41) is 2.96. The lowest BCUT2D eigenvalue weighted by atomic mass is 10.2. The van der Waals surface area contributed by atoms with Crippen LogP contribution < -0.4 is 15.8 Å². The predicted octanol–water partition coefficient (Wildman–Crippen LogP) is 4.14. The van der Waals surface area contributed by atoms with Crippen LogP contribution in [0.5, 0.6) is 5.75 Å². The molecule has 0 spiro atoms. The van der Waals surface area contributed by atoms with Crippen molar-refractivity contribution in [3.05, 3.63) is 59.7 Å². The van der Waals surface area contributed by atoms with Gasteiger partial charge in [-0.1, -0.05) is 29.8 Å². The van der Waals surface area contributed by atoms with E-state index in [0.29, 0.717) is 0 Å². The summed E-state index contributed by atoms with van der Waals surface area (Å²) in [5.41, 5.74) is 8.51. The molecule has 0 atom stereocenters. The molecular formula is C16H18F2IN3O. The first-order valence-corrected chi connectivity index (χ1v) is 6.70. The maximum Gasteiger partial charge on any atom is 0.387 e. The number of alkyl halides is 2. The topological polar surface area (TPSA) is 59.6 Å². The van der Waals surface area contributed by atoms with Crippen molar-refractivity contribution in [2.45, 2.75) is 20.1 Å². The first kappa shape index (κ1) is 19.1. The Morgan fingerprint density at radius 3 is 2.57 bits per heavy atom. The lowest BCUT2D eigenvalue weighted by Crippen LogP contribution is -2.22. The Morgan fingerprint density at radius 1 is 1.22 bits per heavy atom. The molecule has 0 saturated carbocycles. The van der Waals surface area contributed by atoms with Gasteiger partial charge in [-0.3, -0.25) is 0 Å². The maximum atomic E-state index is 12.2. The molecule has 0 unspecified atom stereocenters. The summed E-state index contributed by atoms with van der Waals surface area (Å²) < 4.78 is 28.7. The molecular weight excluding hydrogens is 415 g/mol. The molecule has 3 N–H and O–H groups in total. The van der Waals surface area contributed by atoms with Crippen LogP contribution >= 0.6 is 24.0 Å². The van der Waals surface area contributed by atoms with Gasteiger partial charge in [-0.05, 0) is 36.8 Å². The van der Waals surface area contributed by atoms with E-state index >= 15 is 0 Å². The van der Waals surface area contributed by atoms with Crippen molar-refractivity contribution in [3.8, 4) is 5.75 Å². The van der Waals surface area contributed by atoms with Gasteiger partial charge in [0.1, 0.15) is 5.75 Å². The lowest BCUT2D eigenvalue weighted by molar-refractivity contribution is -0.0498. The number of rotatable bonds is 5. The van der Waals surface area contributed by atoms with E-state index in [1.165, 1.54) is 12.1 Å². The van der Waals surface area contributed by atoms with Crippen LogP contribution in [0.4, 0.5) is 14.5 Å². The second-order valence-electron chi connectivity index (χ2n) is 4.72. The van der Waals surface area contributed by atoms with E-state index in [0.717, 1.165) is 16.8 Å². The number of hydrogen-bond acceptors (Lipinski definition) is 2. The molecule has 0 heterocycles. The van der Waals surface area contributed by atoms with E-state index in [9.17, 15) is 8.78 Å². The van der Waals surface area contributed by atoms with Crippen LogP contribution in [0.15, 0.2) is 53.5 Å². The van der Waals surface area contributed by atoms with Gasteiger partial charge in [0.2, 0.25) is 0 Å². The summed E-state index contributed by atoms with van der Waals surface area (Å²) in [6, 6.07) is 14.1. The number of ether oxygens (including phenoxy) is 1. The first-order valence-electron chi connectivity index (χ1n) is 6.70. The molecule has 23 heavy (non-hydrogen) atoms. The van der Waals surface area contributed by atoms with Gasteiger partial charge in [0, 0.05) is 5.69 Å². The average molecular weight is 433 g/mol. The van der Waals surface area contributed by atoms with Crippen LogP contribution in [0.1, 0.15) is 11.1 Å². The molecule has 0 aromatic heterocycles. The third-order valence-corrected chi connectivity index (χ3v) is 2.88. The average Bonchev–Trinajstić information content (AvgIpc) is 2.47. The Bertz CT molecular complexity index is 648. The number of aliphatic imine (C=N–C) groups is 1. The number of hydrogen-bond donors (Lipinski definition) is 2. The molecule has 0 amide bonds. The van der Waals surface area contributed by atoms with Crippen molar-refractivity contribution in [2.24, 2.45) is 10.7 Å². The van der Waals surface area contributed by atoms with E-state index in [4.69, 9.17) is 5.73 Å². The van der Waals surface area contributed by atoms with E-state index < -0.39 is 6.61 Å². The fourth-order valence-corrected chi connectivity index (χ4v) is 1.82. The second kappa shape index (κ2) is 9.29. The molecule has 0 aliphatic heterocycles. The third kappa shape index (κ3) is 6.81. The highest BCUT2D eigenvalue weighted by Gasteiger charge is 2.04. The molecule has 2 aromatic carbocycles. The number of nitrogens with two attached hydrogens (primary N) is 1. The maximum absolute atomic E-state index is 12.2. The van der Waals surface area contributed by atoms with Crippen LogP contribution in [0.2, 0.25) is 0 Å². The van der Waals surface area contributed by atoms with Crippen LogP contribution in [-0.4, -0.2) is 12.6 Å². The lowest BCUT2D eigenvalue weighted by Gasteiger charge is -2.07. The minimum absolute atomic E-state index is 0. The number of aryl methyl sites for hydroxylation is 1. The molecule has 0 bridgehead atoms. The highest BCUT2D eigenvalue weighted by Crippen LogP contribution is 2.16. The number of halogens is 3. The minimum Gasteiger partial charge on any atom is -0.435 e. The van der Waals surface area contributed by atoms with E-state index in [1.807, 2.05) is 31.2 Å². The molecule has 2 aromatic rings. The van der Waals surface area contributed by atoms with Crippen LogP contribution in [0, 0.1) is 6.92 Å². The van der Waals surface area contributed by atoms with Gasteiger partial charge in [0.25, 0.3) is 0 Å². The number of guanidine groups is 1. The normalized spacial score (nSPS) is 11.0. The van der Waals surface area contributed by atoms with Crippen molar-refractivity contribution < 1.29 is 13.5 Å². The Labute approximate surface area is 150 Å². The summed E-state index contributed by atoms with van der Waals surface area (Å²) in [4.78, 5) is 4.17. The number of nitrogens with one attached hydrogen (secondary N) is 1. The highest BCUT2D eigenvalue weighted by atomic mass is 127. The van der Waals surface area contributed by atoms with Gasteiger partial charge in [0.15, 0.2) is 5.96 Å². The van der Waals surface area contributed by atoms with E-state index in [2.05, 4.69) is 15.0 Å². The van der Waals surface area contributed by atoms with Crippen molar-refractivity contribution in [2.75, 3.05) is 5.32 Å². The quantitative estimate of drug-likeness (QED) is 0.424. The second-order valence-corrected chi connectivity index (χ2v) is 4.72. The summed E-state index contributed by atoms with van der Waals surface area (Å²) >= 11 is 0. The van der Waals surface area contributed by atoms with Crippen molar-refractivity contribution in [3.63, 3.8) is 0 Å². The van der Waals surface area contributed by atoms with Gasteiger partial charge in [-0.2, -0.15) is 8.78 Å². The first-order chi connectivity index (χ1) is 10.5. The summed E-state index contributed by atoms with van der Waals surface area (Å²) in [5.74, 6) is 0.358. The molecule has 0 aliphatic carbocycles. The molecule has 0 aliphatic rings. The van der Waals surface area contributed by atoms with Crippen LogP contribution in [0.3, 0.4) is 0 Å². The zero-order valence-electron chi connectivity index (χ0n) is 12.5. The summed E-state index contributed by atoms with van der Waals surface area (Å²) in [6.07, 6.45) is 0. The minimum atomic E-state index is -2.84. The van der Waals surface area contributed by atoms with Crippen molar-refractivity contribution >= 4 is 35.6 Å². The zero-order chi connectivity index (χ0) is 15.9. The fourth-order valence-electron chi connectivity index (χ4n) is 1.82. The van der Waals surface area contributed by atoms with Crippen molar-refractivity contribution in [1.29, 1.82) is 0 Å². The van der Waals surface area contributed by atoms with Crippen LogP contribution in [0.25, 0.3) is 0 Å². The molecule has 124 valence electrons. The van der Waals surface area contributed by atoms with E-state index in [1.54, 1.807) is 12.1 Å². The molecule has 0 fully saturated rings. The standard InChI is InChI=1S/C16H17F2N3O.HI/c1-11-5-7-13(8-6-11)21-16(19)20-10-12-3-2-4-14(9-12)22-15(17)18;/h2-9,15H,10H2,1H3,(H3,19,20,21);1H. The number of benzene rings is 2. The zero-order valence-corrected chi connectivity index (χ0v) is 14.8.